The van der Waals surface area contributed by atoms with Crippen LogP contribution >= 0.6 is 11.3 Å². The molecule has 0 bridgehead atoms. The number of rotatable bonds is 6. The second kappa shape index (κ2) is 8.32. The Morgan fingerprint density at radius 1 is 1.34 bits per heavy atom. The Bertz CT molecular complexity index is 1050. The molecule has 0 unspecified atom stereocenters. The van der Waals surface area contributed by atoms with Crippen LogP contribution in [0.3, 0.4) is 0 Å². The maximum atomic E-state index is 12.6. The fourth-order valence-corrected chi connectivity index (χ4v) is 4.39. The summed E-state index contributed by atoms with van der Waals surface area (Å²) in [7, 11) is 0. The van der Waals surface area contributed by atoms with Gasteiger partial charge in [-0.1, -0.05) is 32.8 Å². The van der Waals surface area contributed by atoms with Gasteiger partial charge in [-0.15, -0.1) is 11.3 Å². The van der Waals surface area contributed by atoms with Gasteiger partial charge in [0.15, 0.2) is 0 Å². The normalized spacial score (nSPS) is 14.6. The van der Waals surface area contributed by atoms with E-state index in [4.69, 9.17) is 0 Å². The highest BCUT2D eigenvalue weighted by molar-refractivity contribution is 7.13. The quantitative estimate of drug-likeness (QED) is 0.631. The molecule has 0 radical (unpaired) electrons. The summed E-state index contributed by atoms with van der Waals surface area (Å²) in [5.41, 5.74) is 1.17. The Kier molecular flexibility index (Phi) is 5.62. The van der Waals surface area contributed by atoms with Crippen molar-refractivity contribution >= 4 is 23.1 Å². The molecular weight excluding hydrogens is 386 g/mol. The van der Waals surface area contributed by atoms with E-state index < -0.39 is 0 Å². The van der Waals surface area contributed by atoms with E-state index in [1.165, 1.54) is 23.6 Å². The van der Waals surface area contributed by atoms with Crippen molar-refractivity contribution in [3.8, 4) is 16.5 Å². The largest absolute Gasteiger partial charge is 0.310 e. The lowest BCUT2D eigenvalue weighted by Gasteiger charge is -2.12. The second-order valence-electron chi connectivity index (χ2n) is 7.86. The minimum Gasteiger partial charge on any atom is -0.310 e. The molecule has 0 saturated heterocycles. The van der Waals surface area contributed by atoms with Crippen LogP contribution in [0, 0.1) is 5.92 Å². The predicted molar refractivity (Wildman–Crippen MR) is 115 cm³/mol. The van der Waals surface area contributed by atoms with Crippen LogP contribution in [0.2, 0.25) is 0 Å². The van der Waals surface area contributed by atoms with Gasteiger partial charge >= 0.3 is 0 Å². The average Bonchev–Trinajstić information content (AvgIpc) is 3.42. The lowest BCUT2D eigenvalue weighted by atomic mass is 10.0. The van der Waals surface area contributed by atoms with Crippen LogP contribution in [0.5, 0.6) is 0 Å². The first-order valence-corrected chi connectivity index (χ1v) is 10.9. The van der Waals surface area contributed by atoms with Gasteiger partial charge in [-0.2, -0.15) is 9.78 Å². The highest BCUT2D eigenvalue weighted by Crippen LogP contribution is 2.30. The minimum atomic E-state index is -0.241. The average molecular weight is 412 g/mol. The van der Waals surface area contributed by atoms with Gasteiger partial charge in [0, 0.05) is 18.6 Å². The maximum absolute atomic E-state index is 12.6. The number of thiophene rings is 1. The molecule has 3 heterocycles. The molecule has 4 rings (SSSR count). The van der Waals surface area contributed by atoms with Gasteiger partial charge in [0.25, 0.3) is 5.56 Å². The van der Waals surface area contributed by atoms with Gasteiger partial charge in [-0.25, -0.2) is 4.98 Å². The van der Waals surface area contributed by atoms with Crippen molar-refractivity contribution in [2.45, 2.75) is 51.9 Å². The van der Waals surface area contributed by atoms with Crippen molar-refractivity contribution in [1.82, 2.24) is 19.7 Å². The summed E-state index contributed by atoms with van der Waals surface area (Å²) < 4.78 is 1.52. The summed E-state index contributed by atoms with van der Waals surface area (Å²) in [6.07, 6.45) is 5.13. The Hall–Kier alpha value is -2.74. The van der Waals surface area contributed by atoms with Crippen LogP contribution in [-0.4, -0.2) is 25.7 Å². The van der Waals surface area contributed by atoms with E-state index in [2.05, 4.69) is 20.4 Å². The molecule has 8 heteroatoms. The Morgan fingerprint density at radius 3 is 2.83 bits per heavy atom. The van der Waals surface area contributed by atoms with Crippen molar-refractivity contribution in [1.29, 1.82) is 0 Å². The standard InChI is InChI=1S/C21H25N5O2S/c1-13(2)15-12-20(28)24-21(22-15)26-18(11-16(25-26)17-8-5-9-29-17)23-19(27)10-14-6-3-4-7-14/h5,8-9,11-14H,3-4,6-7,10H2,1-2H3,(H,23,27)(H,22,24,28). The molecule has 3 aromatic rings. The highest BCUT2D eigenvalue weighted by Gasteiger charge is 2.21. The molecule has 1 fully saturated rings. The Morgan fingerprint density at radius 2 is 2.14 bits per heavy atom. The number of aromatic nitrogens is 4. The SMILES string of the molecule is CC(C)c1cc(=O)[nH]c(-n2nc(-c3cccs3)cc2NC(=O)CC2CCCC2)n1. The molecule has 1 amide bonds. The van der Waals surface area contributed by atoms with E-state index in [9.17, 15) is 9.59 Å². The number of carbonyl (C=O) groups is 1. The summed E-state index contributed by atoms with van der Waals surface area (Å²) in [6, 6.07) is 7.26. The third-order valence-corrected chi connectivity index (χ3v) is 6.13. The zero-order valence-electron chi connectivity index (χ0n) is 16.6. The van der Waals surface area contributed by atoms with Crippen LogP contribution in [-0.2, 0) is 4.79 Å². The third kappa shape index (κ3) is 4.48. The van der Waals surface area contributed by atoms with Crippen molar-refractivity contribution < 1.29 is 4.79 Å². The minimum absolute atomic E-state index is 0.0295. The molecule has 2 N–H and O–H groups in total. The monoisotopic (exact) mass is 411 g/mol. The molecule has 0 spiro atoms. The van der Waals surface area contributed by atoms with Gasteiger partial charge in [0.1, 0.15) is 11.5 Å². The second-order valence-corrected chi connectivity index (χ2v) is 8.80. The van der Waals surface area contributed by atoms with Crippen LogP contribution in [0.4, 0.5) is 5.82 Å². The van der Waals surface area contributed by atoms with Crippen molar-refractivity contribution in [2.75, 3.05) is 5.32 Å². The number of amides is 1. The molecule has 0 aromatic carbocycles. The number of H-pyrrole nitrogens is 1. The number of hydrogen-bond donors (Lipinski definition) is 2. The van der Waals surface area contributed by atoms with E-state index in [1.807, 2.05) is 37.4 Å². The molecule has 1 aliphatic carbocycles. The molecule has 0 atom stereocenters. The maximum Gasteiger partial charge on any atom is 0.252 e. The number of aromatic amines is 1. The van der Waals surface area contributed by atoms with Gasteiger partial charge in [-0.05, 0) is 36.1 Å². The van der Waals surface area contributed by atoms with Gasteiger partial charge in [0.2, 0.25) is 11.9 Å². The van der Waals surface area contributed by atoms with Crippen LogP contribution < -0.4 is 10.9 Å². The molecule has 152 valence electrons. The smallest absolute Gasteiger partial charge is 0.252 e. The predicted octanol–water partition coefficient (Wildman–Crippen LogP) is 4.33. The van der Waals surface area contributed by atoms with E-state index in [0.717, 1.165) is 23.4 Å². The van der Waals surface area contributed by atoms with E-state index in [1.54, 1.807) is 11.3 Å². The van der Waals surface area contributed by atoms with Crippen LogP contribution in [0.25, 0.3) is 16.5 Å². The van der Waals surface area contributed by atoms with E-state index in [-0.39, 0.29) is 17.4 Å². The zero-order valence-corrected chi connectivity index (χ0v) is 17.5. The van der Waals surface area contributed by atoms with Crippen molar-refractivity contribution in [3.63, 3.8) is 0 Å². The number of nitrogens with zero attached hydrogens (tertiary/aromatic N) is 3. The van der Waals surface area contributed by atoms with Crippen molar-refractivity contribution in [2.24, 2.45) is 5.92 Å². The molecule has 1 saturated carbocycles. The summed E-state index contributed by atoms with van der Waals surface area (Å²) in [6.45, 7) is 3.96. The zero-order chi connectivity index (χ0) is 20.4. The lowest BCUT2D eigenvalue weighted by Crippen LogP contribution is -2.20. The Labute approximate surface area is 173 Å². The third-order valence-electron chi connectivity index (χ3n) is 5.24. The summed E-state index contributed by atoms with van der Waals surface area (Å²) in [4.78, 5) is 33.1. The number of anilines is 1. The molecule has 7 nitrogen and oxygen atoms in total. The molecule has 0 aliphatic heterocycles. The molecule has 29 heavy (non-hydrogen) atoms. The summed E-state index contributed by atoms with van der Waals surface area (Å²) in [5, 5.41) is 9.60. The van der Waals surface area contributed by atoms with E-state index >= 15 is 0 Å². The van der Waals surface area contributed by atoms with Crippen molar-refractivity contribution in [3.05, 3.63) is 45.7 Å². The first-order valence-electron chi connectivity index (χ1n) is 10.0. The summed E-state index contributed by atoms with van der Waals surface area (Å²) >= 11 is 1.57. The topological polar surface area (TPSA) is 92.7 Å². The fraction of sp³-hybridized carbons (Fsp3) is 0.429. The Balaban J connectivity index is 1.70. The first kappa shape index (κ1) is 19.6. The number of hydrogen-bond acceptors (Lipinski definition) is 5. The highest BCUT2D eigenvalue weighted by atomic mass is 32.1. The molecule has 1 aliphatic rings. The number of nitrogens with one attached hydrogen (secondary N) is 2. The van der Waals surface area contributed by atoms with Crippen LogP contribution in [0.1, 0.15) is 57.6 Å². The lowest BCUT2D eigenvalue weighted by molar-refractivity contribution is -0.117. The van der Waals surface area contributed by atoms with Gasteiger partial charge in [0.05, 0.1) is 10.6 Å². The molecule has 3 aromatic heterocycles. The fourth-order valence-electron chi connectivity index (χ4n) is 3.71. The van der Waals surface area contributed by atoms with Gasteiger partial charge in [-0.3, -0.25) is 14.6 Å². The van der Waals surface area contributed by atoms with Crippen LogP contribution in [0.15, 0.2) is 34.4 Å². The summed E-state index contributed by atoms with van der Waals surface area (Å²) in [5.74, 6) is 1.34. The number of carbonyl (C=O) groups excluding carboxylic acids is 1. The van der Waals surface area contributed by atoms with E-state index in [0.29, 0.717) is 29.8 Å². The first-order chi connectivity index (χ1) is 14.0. The van der Waals surface area contributed by atoms with Gasteiger partial charge < -0.3 is 5.32 Å². The molecular formula is C21H25N5O2S.